The summed E-state index contributed by atoms with van der Waals surface area (Å²) < 4.78 is 49.0. The highest BCUT2D eigenvalue weighted by Crippen LogP contribution is 2.29. The summed E-state index contributed by atoms with van der Waals surface area (Å²) in [6.07, 6.45) is 4.35. The van der Waals surface area contributed by atoms with Crippen LogP contribution >= 0.6 is 0 Å². The number of amides is 1. The standard InChI is InChI=1S/C15H13F2N7O3S/c16-15(17)28(26,27)24-9-3-1-8(2-4-9)12-11(13(18)25)14(23-22-12)21-10-7-19-5-6-20-10/h1-7,15,24H,(H2,18,25)(H2,20,21,22,23). The molecule has 3 aromatic rings. The number of H-pyrrole nitrogens is 1. The van der Waals surface area contributed by atoms with Gasteiger partial charge in [0.1, 0.15) is 22.9 Å². The van der Waals surface area contributed by atoms with Crippen LogP contribution < -0.4 is 15.8 Å². The van der Waals surface area contributed by atoms with Crippen LogP contribution in [0.5, 0.6) is 0 Å². The van der Waals surface area contributed by atoms with E-state index in [1.54, 1.807) is 4.72 Å². The first-order chi connectivity index (χ1) is 13.3. The zero-order valence-corrected chi connectivity index (χ0v) is 14.7. The number of primary amides is 1. The Labute approximate surface area is 157 Å². The number of alkyl halides is 2. The van der Waals surface area contributed by atoms with Crippen LogP contribution in [0, 0.1) is 0 Å². The number of hydrogen-bond acceptors (Lipinski definition) is 7. The highest BCUT2D eigenvalue weighted by Gasteiger charge is 2.24. The van der Waals surface area contributed by atoms with Gasteiger partial charge in [-0.1, -0.05) is 12.1 Å². The number of aromatic nitrogens is 4. The molecule has 5 N–H and O–H groups in total. The second-order valence-electron chi connectivity index (χ2n) is 5.39. The molecule has 28 heavy (non-hydrogen) atoms. The molecule has 0 bridgehead atoms. The third-order valence-electron chi connectivity index (χ3n) is 3.48. The molecule has 1 amide bonds. The van der Waals surface area contributed by atoms with Crippen molar-refractivity contribution in [2.75, 3.05) is 10.0 Å². The average Bonchev–Trinajstić information content (AvgIpc) is 3.06. The van der Waals surface area contributed by atoms with E-state index in [1.165, 1.54) is 42.9 Å². The highest BCUT2D eigenvalue weighted by atomic mass is 32.2. The van der Waals surface area contributed by atoms with Gasteiger partial charge in [0.15, 0.2) is 0 Å². The first kappa shape index (κ1) is 19.2. The van der Waals surface area contributed by atoms with Gasteiger partial charge in [0.05, 0.1) is 6.20 Å². The quantitative estimate of drug-likeness (QED) is 0.462. The predicted molar refractivity (Wildman–Crippen MR) is 96.4 cm³/mol. The molecule has 0 aliphatic heterocycles. The van der Waals surface area contributed by atoms with E-state index in [0.717, 1.165) is 0 Å². The van der Waals surface area contributed by atoms with Gasteiger partial charge in [0.25, 0.3) is 15.9 Å². The van der Waals surface area contributed by atoms with Crippen LogP contribution in [0.15, 0.2) is 42.9 Å². The van der Waals surface area contributed by atoms with Crippen molar-refractivity contribution in [3.8, 4) is 11.3 Å². The third kappa shape index (κ3) is 4.03. The van der Waals surface area contributed by atoms with Gasteiger partial charge in [-0.25, -0.2) is 13.4 Å². The summed E-state index contributed by atoms with van der Waals surface area (Å²) in [7, 11) is -4.78. The Bertz CT molecular complexity index is 1090. The minimum atomic E-state index is -4.78. The van der Waals surface area contributed by atoms with Gasteiger partial charge in [-0.15, -0.1) is 0 Å². The Morgan fingerprint density at radius 3 is 2.46 bits per heavy atom. The number of carbonyl (C=O) groups is 1. The first-order valence-corrected chi connectivity index (χ1v) is 9.14. The van der Waals surface area contributed by atoms with E-state index in [4.69, 9.17) is 5.73 Å². The molecule has 1 aromatic carbocycles. The number of sulfonamides is 1. The Hall–Kier alpha value is -3.61. The van der Waals surface area contributed by atoms with Crippen molar-refractivity contribution in [3.63, 3.8) is 0 Å². The monoisotopic (exact) mass is 409 g/mol. The fourth-order valence-corrected chi connectivity index (χ4v) is 2.83. The summed E-state index contributed by atoms with van der Waals surface area (Å²) in [5.74, 6) is -3.81. The second kappa shape index (κ2) is 7.56. The number of rotatable bonds is 7. The van der Waals surface area contributed by atoms with Crippen molar-refractivity contribution in [2.45, 2.75) is 5.76 Å². The summed E-state index contributed by atoms with van der Waals surface area (Å²) in [4.78, 5) is 19.8. The maximum Gasteiger partial charge on any atom is 0.355 e. The summed E-state index contributed by atoms with van der Waals surface area (Å²) in [5.41, 5.74) is 5.99. The molecule has 0 unspecified atom stereocenters. The summed E-state index contributed by atoms with van der Waals surface area (Å²) in [6.45, 7) is 0. The molecule has 0 saturated heterocycles. The van der Waals surface area contributed by atoms with Gasteiger partial charge in [-0.2, -0.15) is 13.9 Å². The minimum absolute atomic E-state index is 0.0339. The molecular weight excluding hydrogens is 396 g/mol. The molecule has 13 heteroatoms. The SMILES string of the molecule is NC(=O)c1c(-c2ccc(NS(=O)(=O)C(F)F)cc2)n[nH]c1Nc1cnccn1. The van der Waals surface area contributed by atoms with Crippen LogP contribution in [0.2, 0.25) is 0 Å². The van der Waals surface area contributed by atoms with Crippen molar-refractivity contribution in [1.82, 2.24) is 20.2 Å². The molecule has 0 fully saturated rings. The van der Waals surface area contributed by atoms with Gasteiger partial charge in [-0.3, -0.25) is 19.6 Å². The molecule has 0 aliphatic rings. The van der Waals surface area contributed by atoms with Crippen molar-refractivity contribution in [2.24, 2.45) is 5.73 Å². The largest absolute Gasteiger partial charge is 0.365 e. The number of benzene rings is 1. The third-order valence-corrected chi connectivity index (χ3v) is 4.47. The summed E-state index contributed by atoms with van der Waals surface area (Å²) in [6, 6.07) is 5.31. The van der Waals surface area contributed by atoms with Crippen molar-refractivity contribution >= 4 is 33.3 Å². The van der Waals surface area contributed by atoms with E-state index in [9.17, 15) is 22.0 Å². The van der Waals surface area contributed by atoms with Gasteiger partial charge >= 0.3 is 5.76 Å². The average molecular weight is 409 g/mol. The Balaban J connectivity index is 1.90. The van der Waals surface area contributed by atoms with Gasteiger partial charge in [-0.05, 0) is 12.1 Å². The normalized spacial score (nSPS) is 11.4. The minimum Gasteiger partial charge on any atom is -0.365 e. The zero-order chi connectivity index (χ0) is 20.3. The molecule has 10 nitrogen and oxygen atoms in total. The second-order valence-corrected chi connectivity index (χ2v) is 7.04. The number of hydrogen-bond donors (Lipinski definition) is 4. The van der Waals surface area contributed by atoms with Gasteiger partial charge in [0, 0.05) is 23.6 Å². The molecule has 2 aromatic heterocycles. The molecule has 0 atom stereocenters. The maximum atomic E-state index is 12.4. The molecule has 0 spiro atoms. The first-order valence-electron chi connectivity index (χ1n) is 7.59. The lowest BCUT2D eigenvalue weighted by Gasteiger charge is -2.08. The molecule has 2 heterocycles. The molecule has 3 rings (SSSR count). The number of carbonyl (C=O) groups excluding carboxylic acids is 1. The molecule has 0 aliphatic carbocycles. The number of anilines is 3. The molecule has 0 saturated carbocycles. The van der Waals surface area contributed by atoms with Gasteiger partial charge in [0.2, 0.25) is 0 Å². The van der Waals surface area contributed by atoms with E-state index in [-0.39, 0.29) is 22.8 Å². The number of halogens is 2. The van der Waals surface area contributed by atoms with Crippen LogP contribution in [-0.2, 0) is 10.0 Å². The number of nitrogens with two attached hydrogens (primary N) is 1. The Kier molecular flexibility index (Phi) is 5.17. The number of nitrogens with one attached hydrogen (secondary N) is 3. The van der Waals surface area contributed by atoms with E-state index in [1.807, 2.05) is 0 Å². The van der Waals surface area contributed by atoms with E-state index >= 15 is 0 Å². The lowest BCUT2D eigenvalue weighted by atomic mass is 10.1. The van der Waals surface area contributed by atoms with E-state index < -0.39 is 21.7 Å². The topological polar surface area (TPSA) is 156 Å². The maximum absolute atomic E-state index is 12.4. The fraction of sp³-hybridized carbons (Fsp3) is 0.0667. The van der Waals surface area contributed by atoms with Crippen LogP contribution in [-0.4, -0.2) is 40.2 Å². The van der Waals surface area contributed by atoms with Crippen LogP contribution in [0.25, 0.3) is 11.3 Å². The molecule has 146 valence electrons. The Morgan fingerprint density at radius 2 is 1.89 bits per heavy atom. The van der Waals surface area contributed by atoms with Crippen molar-refractivity contribution in [3.05, 3.63) is 48.4 Å². The van der Waals surface area contributed by atoms with Crippen LogP contribution in [0.1, 0.15) is 10.4 Å². The predicted octanol–water partition coefficient (Wildman–Crippen LogP) is 1.67. The van der Waals surface area contributed by atoms with Crippen molar-refractivity contribution in [1.29, 1.82) is 0 Å². The van der Waals surface area contributed by atoms with E-state index in [2.05, 4.69) is 25.5 Å². The molecule has 0 radical (unpaired) electrons. The van der Waals surface area contributed by atoms with Crippen LogP contribution in [0.3, 0.4) is 0 Å². The fourth-order valence-electron chi connectivity index (χ4n) is 2.28. The smallest absolute Gasteiger partial charge is 0.355 e. The Morgan fingerprint density at radius 1 is 1.18 bits per heavy atom. The lowest BCUT2D eigenvalue weighted by molar-refractivity contribution is 0.100. The van der Waals surface area contributed by atoms with E-state index in [0.29, 0.717) is 11.4 Å². The summed E-state index contributed by atoms with van der Waals surface area (Å²) in [5, 5.41) is 9.50. The van der Waals surface area contributed by atoms with Gasteiger partial charge < -0.3 is 11.1 Å². The summed E-state index contributed by atoms with van der Waals surface area (Å²) >= 11 is 0. The lowest BCUT2D eigenvalue weighted by Crippen LogP contribution is -2.20. The highest BCUT2D eigenvalue weighted by molar-refractivity contribution is 7.93. The van der Waals surface area contributed by atoms with Crippen LogP contribution in [0.4, 0.5) is 26.1 Å². The molecular formula is C15H13F2N7O3S. The number of nitrogens with zero attached hydrogens (tertiary/aromatic N) is 3. The number of aromatic amines is 1. The zero-order valence-electron chi connectivity index (χ0n) is 13.9. The van der Waals surface area contributed by atoms with Crippen molar-refractivity contribution < 1.29 is 22.0 Å².